The van der Waals surface area contributed by atoms with Gasteiger partial charge < -0.3 is 9.64 Å². The van der Waals surface area contributed by atoms with Crippen LogP contribution in [-0.4, -0.2) is 58.5 Å². The zero-order valence-electron chi connectivity index (χ0n) is 14.4. The van der Waals surface area contributed by atoms with E-state index < -0.39 is 22.1 Å². The van der Waals surface area contributed by atoms with E-state index in [4.69, 9.17) is 4.74 Å². The summed E-state index contributed by atoms with van der Waals surface area (Å²) in [6.45, 7) is 3.98. The van der Waals surface area contributed by atoms with Crippen LogP contribution in [0.25, 0.3) is 0 Å². The van der Waals surface area contributed by atoms with Gasteiger partial charge in [0.05, 0.1) is 13.0 Å². The minimum Gasteiger partial charge on any atom is -0.469 e. The smallest absolute Gasteiger partial charge is 0.309 e. The third kappa shape index (κ3) is 5.53. The maximum Gasteiger partial charge on any atom is 0.309 e. The second-order valence-electron chi connectivity index (χ2n) is 5.84. The number of nitrogens with zero attached hydrogens (tertiary/aromatic N) is 2. The summed E-state index contributed by atoms with van der Waals surface area (Å²) in [6.07, 6.45) is 0.524. The second kappa shape index (κ2) is 9.15. The van der Waals surface area contributed by atoms with Gasteiger partial charge in [0.2, 0.25) is 0 Å². The maximum absolute atomic E-state index is 12.4. The van der Waals surface area contributed by atoms with Gasteiger partial charge in [0.1, 0.15) is 0 Å². The number of hydrogen-bond donors (Lipinski definition) is 1. The molecule has 1 N–H and O–H groups in total. The van der Waals surface area contributed by atoms with Gasteiger partial charge in [0.25, 0.3) is 10.2 Å². The molecular formula is C16H24IN3O4S. The van der Waals surface area contributed by atoms with E-state index >= 15 is 0 Å². The number of carbonyl (C=O) groups excluding carboxylic acids is 1. The van der Waals surface area contributed by atoms with Crippen LogP contribution in [0.2, 0.25) is 0 Å². The van der Waals surface area contributed by atoms with Gasteiger partial charge in [0, 0.05) is 42.0 Å². The van der Waals surface area contributed by atoms with Gasteiger partial charge in [-0.25, -0.2) is 4.72 Å². The molecule has 1 aromatic rings. The highest BCUT2D eigenvalue weighted by Crippen LogP contribution is 2.19. The third-order valence-electron chi connectivity index (χ3n) is 4.31. The predicted molar refractivity (Wildman–Crippen MR) is 106 cm³/mol. The van der Waals surface area contributed by atoms with Crippen molar-refractivity contribution >= 4 is 44.5 Å². The van der Waals surface area contributed by atoms with E-state index in [1.165, 1.54) is 15.0 Å². The summed E-state index contributed by atoms with van der Waals surface area (Å²) in [5.74, 6) is -0.860. The van der Waals surface area contributed by atoms with Crippen molar-refractivity contribution in [3.8, 4) is 0 Å². The molecule has 0 amide bonds. The number of rotatable bonds is 7. The van der Waals surface area contributed by atoms with Crippen LogP contribution in [0.15, 0.2) is 24.3 Å². The van der Waals surface area contributed by atoms with Crippen LogP contribution in [0.1, 0.15) is 13.3 Å². The first-order valence-electron chi connectivity index (χ1n) is 8.20. The Balaban J connectivity index is 1.90. The lowest BCUT2D eigenvalue weighted by Crippen LogP contribution is -2.52. The number of nitrogens with one attached hydrogen (secondary N) is 1. The summed E-state index contributed by atoms with van der Waals surface area (Å²) in [4.78, 5) is 13.8. The molecule has 1 fully saturated rings. The van der Waals surface area contributed by atoms with E-state index in [0.29, 0.717) is 32.6 Å². The summed E-state index contributed by atoms with van der Waals surface area (Å²) in [6, 6.07) is 8.18. The average molecular weight is 481 g/mol. The van der Waals surface area contributed by atoms with Gasteiger partial charge in [-0.2, -0.15) is 12.7 Å². The highest BCUT2D eigenvalue weighted by Gasteiger charge is 2.28. The molecule has 0 aromatic heterocycles. The quantitative estimate of drug-likeness (QED) is 0.471. The van der Waals surface area contributed by atoms with Crippen molar-refractivity contribution in [1.29, 1.82) is 0 Å². The number of ether oxygens (including phenoxy) is 1. The number of halogens is 1. The minimum absolute atomic E-state index is 0.0584. The largest absolute Gasteiger partial charge is 0.469 e. The predicted octanol–water partition coefficient (Wildman–Crippen LogP) is 1.45. The van der Waals surface area contributed by atoms with E-state index in [0.717, 1.165) is 5.69 Å². The molecule has 1 aliphatic heterocycles. The van der Waals surface area contributed by atoms with E-state index in [2.05, 4.69) is 32.2 Å². The zero-order chi connectivity index (χ0) is 18.4. The molecule has 1 aliphatic rings. The summed E-state index contributed by atoms with van der Waals surface area (Å²) < 4.78 is 34.7. The Labute approximate surface area is 163 Å². The number of anilines is 1. The van der Waals surface area contributed by atoms with Gasteiger partial charge in [-0.15, -0.1) is 0 Å². The molecule has 2 rings (SSSR count). The van der Waals surface area contributed by atoms with E-state index in [1.54, 1.807) is 0 Å². The Hall–Kier alpha value is -0.910. The fraction of sp³-hybridized carbons (Fsp3) is 0.562. The van der Waals surface area contributed by atoms with Gasteiger partial charge in [-0.3, -0.25) is 4.79 Å². The SMILES string of the molecule is CC[C@H](CNS(=O)(=O)N1CCN(c2ccc(I)cc2)CC1)C(=O)OC. The number of hydrogen-bond acceptors (Lipinski definition) is 5. The Morgan fingerprint density at radius 2 is 1.84 bits per heavy atom. The molecule has 1 saturated heterocycles. The van der Waals surface area contributed by atoms with Crippen LogP contribution in [0.4, 0.5) is 5.69 Å². The van der Waals surface area contributed by atoms with Crippen molar-refractivity contribution in [2.24, 2.45) is 5.92 Å². The molecular weight excluding hydrogens is 457 g/mol. The number of methoxy groups -OCH3 is 1. The molecule has 140 valence electrons. The zero-order valence-corrected chi connectivity index (χ0v) is 17.4. The van der Waals surface area contributed by atoms with Gasteiger partial charge in [-0.05, 0) is 53.3 Å². The average Bonchev–Trinajstić information content (AvgIpc) is 2.62. The summed E-state index contributed by atoms with van der Waals surface area (Å²) in [5.41, 5.74) is 1.10. The van der Waals surface area contributed by atoms with E-state index in [-0.39, 0.29) is 6.54 Å². The Kier molecular flexibility index (Phi) is 7.47. The molecule has 0 spiro atoms. The van der Waals surface area contributed by atoms with Crippen LogP contribution < -0.4 is 9.62 Å². The van der Waals surface area contributed by atoms with Crippen LogP contribution in [0.5, 0.6) is 0 Å². The molecule has 0 unspecified atom stereocenters. The Morgan fingerprint density at radius 1 is 1.24 bits per heavy atom. The van der Waals surface area contributed by atoms with Gasteiger partial charge in [-0.1, -0.05) is 6.92 Å². The number of carbonyl (C=O) groups is 1. The lowest BCUT2D eigenvalue weighted by molar-refractivity contribution is -0.145. The first kappa shape index (κ1) is 20.4. The standard InChI is InChI=1S/C16H24IN3O4S/c1-3-13(16(21)24-2)12-18-25(22,23)20-10-8-19(9-11-20)15-6-4-14(17)5-7-15/h4-7,13,18H,3,8-12H2,1-2H3/t13-/m1/s1. The fourth-order valence-corrected chi connectivity index (χ4v) is 4.29. The second-order valence-corrected chi connectivity index (χ2v) is 8.85. The first-order chi connectivity index (χ1) is 11.9. The normalized spacial score (nSPS) is 17.3. The van der Waals surface area contributed by atoms with Crippen molar-refractivity contribution in [3.05, 3.63) is 27.8 Å². The van der Waals surface area contributed by atoms with E-state index in [1.807, 2.05) is 31.2 Å². The highest BCUT2D eigenvalue weighted by atomic mass is 127. The number of esters is 1. The Bertz CT molecular complexity index is 673. The maximum atomic E-state index is 12.4. The van der Waals surface area contributed by atoms with E-state index in [9.17, 15) is 13.2 Å². The summed E-state index contributed by atoms with van der Waals surface area (Å²) in [7, 11) is -2.29. The molecule has 0 aliphatic carbocycles. The number of piperazine rings is 1. The van der Waals surface area contributed by atoms with Gasteiger partial charge in [0.15, 0.2) is 0 Å². The third-order valence-corrected chi connectivity index (χ3v) is 6.61. The first-order valence-corrected chi connectivity index (χ1v) is 10.7. The molecule has 1 aromatic carbocycles. The molecule has 7 nitrogen and oxygen atoms in total. The molecule has 0 saturated carbocycles. The molecule has 1 heterocycles. The minimum atomic E-state index is -3.59. The topological polar surface area (TPSA) is 79.0 Å². The molecule has 0 bridgehead atoms. The van der Waals surface area contributed by atoms with Crippen molar-refractivity contribution in [1.82, 2.24) is 9.03 Å². The highest BCUT2D eigenvalue weighted by molar-refractivity contribution is 14.1. The van der Waals surface area contributed by atoms with Crippen molar-refractivity contribution < 1.29 is 17.9 Å². The molecule has 9 heteroatoms. The van der Waals surface area contributed by atoms with Crippen LogP contribution in [0, 0.1) is 9.49 Å². The van der Waals surface area contributed by atoms with Crippen molar-refractivity contribution in [3.63, 3.8) is 0 Å². The lowest BCUT2D eigenvalue weighted by Gasteiger charge is -2.35. The molecule has 1 atom stereocenters. The Morgan fingerprint density at radius 3 is 2.36 bits per heavy atom. The van der Waals surface area contributed by atoms with Gasteiger partial charge >= 0.3 is 5.97 Å². The van der Waals surface area contributed by atoms with Crippen LogP contribution in [-0.2, 0) is 19.7 Å². The summed E-state index contributed by atoms with van der Waals surface area (Å²) >= 11 is 2.26. The fourth-order valence-electron chi connectivity index (χ4n) is 2.70. The lowest BCUT2D eigenvalue weighted by atomic mass is 10.1. The monoisotopic (exact) mass is 481 g/mol. The number of benzene rings is 1. The van der Waals surface area contributed by atoms with Crippen molar-refractivity contribution in [2.45, 2.75) is 13.3 Å². The molecule has 25 heavy (non-hydrogen) atoms. The van der Waals surface area contributed by atoms with Crippen molar-refractivity contribution in [2.75, 3.05) is 44.7 Å². The molecule has 0 radical (unpaired) electrons. The summed E-state index contributed by atoms with van der Waals surface area (Å²) in [5, 5.41) is 0. The van der Waals surface area contributed by atoms with Crippen LogP contribution >= 0.6 is 22.6 Å². The van der Waals surface area contributed by atoms with Crippen LogP contribution in [0.3, 0.4) is 0 Å².